The summed E-state index contributed by atoms with van der Waals surface area (Å²) in [5, 5.41) is 8.93. The second kappa shape index (κ2) is 8.53. The number of aryl methyl sites for hydroxylation is 1. The van der Waals surface area contributed by atoms with Crippen LogP contribution in [0.2, 0.25) is 0 Å². The monoisotopic (exact) mass is 351 g/mol. The van der Waals surface area contributed by atoms with Crippen molar-refractivity contribution in [2.24, 2.45) is 5.92 Å². The Balaban J connectivity index is 1.74. The fourth-order valence-corrected chi connectivity index (χ4v) is 3.10. The van der Waals surface area contributed by atoms with E-state index in [2.05, 4.69) is 26.8 Å². The average Bonchev–Trinajstić information content (AvgIpc) is 3.03. The van der Waals surface area contributed by atoms with E-state index in [0.29, 0.717) is 30.2 Å². The highest BCUT2D eigenvalue weighted by atomic mass is 32.1. The molecule has 1 aromatic rings. The third-order valence-electron chi connectivity index (χ3n) is 3.91. The number of carbonyl (C=O) groups excluding carboxylic acids is 3. The van der Waals surface area contributed by atoms with Gasteiger partial charge in [-0.1, -0.05) is 10.6 Å². The van der Waals surface area contributed by atoms with Gasteiger partial charge >= 0.3 is 11.8 Å². The van der Waals surface area contributed by atoms with Crippen LogP contribution in [0.5, 0.6) is 0 Å². The molecule has 130 valence electrons. The minimum absolute atomic E-state index is 0.0335. The van der Waals surface area contributed by atoms with Crippen LogP contribution in [0, 0.1) is 12.8 Å². The van der Waals surface area contributed by atoms with E-state index >= 15 is 0 Å². The van der Waals surface area contributed by atoms with Gasteiger partial charge in [-0.2, -0.15) is 0 Å². The van der Waals surface area contributed by atoms with E-state index in [1.165, 1.54) is 6.08 Å². The lowest BCUT2D eigenvalue weighted by Crippen LogP contribution is -2.44. The smallest absolute Gasteiger partial charge is 0.309 e. The summed E-state index contributed by atoms with van der Waals surface area (Å²) in [7, 11) is 0. The molecule has 0 aromatic carbocycles. The number of hydrogen-bond donors (Lipinski definition) is 2. The molecule has 2 rings (SSSR count). The van der Waals surface area contributed by atoms with Gasteiger partial charge in [-0.15, -0.1) is 11.7 Å². The largest absolute Gasteiger partial charge is 0.348 e. The van der Waals surface area contributed by atoms with Gasteiger partial charge in [0.25, 0.3) is 5.91 Å². The van der Waals surface area contributed by atoms with Crippen molar-refractivity contribution in [2.45, 2.75) is 19.8 Å². The van der Waals surface area contributed by atoms with E-state index in [4.69, 9.17) is 0 Å². The summed E-state index contributed by atoms with van der Waals surface area (Å²) < 4.78 is 3.79. The summed E-state index contributed by atoms with van der Waals surface area (Å²) in [5.41, 5.74) is 0.657. The molecule has 0 aliphatic carbocycles. The Morgan fingerprint density at radius 3 is 2.54 bits per heavy atom. The second-order valence-corrected chi connectivity index (χ2v) is 6.39. The van der Waals surface area contributed by atoms with Crippen LogP contribution in [0.25, 0.3) is 0 Å². The molecule has 0 unspecified atom stereocenters. The van der Waals surface area contributed by atoms with Crippen LogP contribution in [-0.2, 0) is 9.59 Å². The van der Waals surface area contributed by atoms with Crippen molar-refractivity contribution in [2.75, 3.05) is 26.2 Å². The molecule has 9 heteroatoms. The van der Waals surface area contributed by atoms with Gasteiger partial charge in [-0.3, -0.25) is 14.4 Å². The highest BCUT2D eigenvalue weighted by Crippen LogP contribution is 2.20. The van der Waals surface area contributed by atoms with Crippen LogP contribution in [0.15, 0.2) is 12.7 Å². The van der Waals surface area contributed by atoms with Gasteiger partial charge in [-0.25, -0.2) is 0 Å². The summed E-state index contributed by atoms with van der Waals surface area (Å²) >= 11 is 1.12. The van der Waals surface area contributed by atoms with Crippen LogP contribution in [-0.4, -0.2) is 58.4 Å². The van der Waals surface area contributed by atoms with Crippen molar-refractivity contribution >= 4 is 29.3 Å². The standard InChI is InChI=1S/C15H21N5O3S/c1-3-6-16-13(21)14(22)17-9-11-4-7-20(8-5-11)15(23)12-10(2)18-19-24-12/h3,11H,1,4-9H2,2H3,(H,16,21)(H,17,22). The summed E-state index contributed by atoms with van der Waals surface area (Å²) in [5.74, 6) is -1.07. The quantitative estimate of drug-likeness (QED) is 0.579. The fourth-order valence-electron chi connectivity index (χ4n) is 2.47. The molecular formula is C15H21N5O3S. The van der Waals surface area contributed by atoms with Crippen molar-refractivity contribution in [1.82, 2.24) is 25.1 Å². The molecule has 1 aromatic heterocycles. The van der Waals surface area contributed by atoms with Gasteiger partial charge in [0, 0.05) is 26.2 Å². The molecule has 8 nitrogen and oxygen atoms in total. The van der Waals surface area contributed by atoms with Crippen molar-refractivity contribution in [3.8, 4) is 0 Å². The zero-order chi connectivity index (χ0) is 17.5. The van der Waals surface area contributed by atoms with Gasteiger partial charge in [-0.05, 0) is 37.2 Å². The molecule has 2 heterocycles. The first-order valence-electron chi connectivity index (χ1n) is 7.78. The topological polar surface area (TPSA) is 104 Å². The van der Waals surface area contributed by atoms with Gasteiger partial charge in [0.15, 0.2) is 0 Å². The lowest BCUT2D eigenvalue weighted by molar-refractivity contribution is -0.139. The number of piperidine rings is 1. The molecule has 0 saturated carbocycles. The van der Waals surface area contributed by atoms with Crippen LogP contribution in [0.4, 0.5) is 0 Å². The summed E-state index contributed by atoms with van der Waals surface area (Å²) in [4.78, 5) is 37.8. The molecule has 0 radical (unpaired) electrons. The zero-order valence-electron chi connectivity index (χ0n) is 13.6. The van der Waals surface area contributed by atoms with Crippen LogP contribution < -0.4 is 10.6 Å². The van der Waals surface area contributed by atoms with Crippen molar-refractivity contribution < 1.29 is 14.4 Å². The van der Waals surface area contributed by atoms with E-state index in [9.17, 15) is 14.4 Å². The van der Waals surface area contributed by atoms with Crippen LogP contribution in [0.1, 0.15) is 28.2 Å². The first kappa shape index (κ1) is 18.1. The Morgan fingerprint density at radius 1 is 1.29 bits per heavy atom. The Hall–Kier alpha value is -2.29. The second-order valence-electron chi connectivity index (χ2n) is 5.63. The molecule has 2 N–H and O–H groups in total. The van der Waals surface area contributed by atoms with Gasteiger partial charge < -0.3 is 15.5 Å². The number of nitrogens with zero attached hydrogens (tertiary/aromatic N) is 3. The van der Waals surface area contributed by atoms with E-state index in [1.54, 1.807) is 11.8 Å². The minimum atomic E-state index is -0.657. The molecule has 0 spiro atoms. The number of amides is 3. The highest BCUT2D eigenvalue weighted by molar-refractivity contribution is 7.07. The van der Waals surface area contributed by atoms with E-state index < -0.39 is 11.8 Å². The predicted molar refractivity (Wildman–Crippen MR) is 89.5 cm³/mol. The highest BCUT2D eigenvalue weighted by Gasteiger charge is 2.26. The molecule has 3 amide bonds. The molecule has 1 aliphatic heterocycles. The zero-order valence-corrected chi connectivity index (χ0v) is 14.4. The van der Waals surface area contributed by atoms with Gasteiger partial charge in [0.1, 0.15) is 4.88 Å². The molecule has 1 fully saturated rings. The Morgan fingerprint density at radius 2 is 1.96 bits per heavy atom. The molecule has 0 bridgehead atoms. The number of likely N-dealkylation sites (tertiary alicyclic amines) is 1. The maximum atomic E-state index is 12.4. The lowest BCUT2D eigenvalue weighted by atomic mass is 9.96. The number of carbonyl (C=O) groups is 3. The first-order valence-corrected chi connectivity index (χ1v) is 8.55. The summed E-state index contributed by atoms with van der Waals surface area (Å²) in [6, 6.07) is 0. The Kier molecular flexibility index (Phi) is 6.42. The number of rotatable bonds is 5. The van der Waals surface area contributed by atoms with Crippen LogP contribution >= 0.6 is 11.5 Å². The maximum absolute atomic E-state index is 12.4. The minimum Gasteiger partial charge on any atom is -0.348 e. The maximum Gasteiger partial charge on any atom is 0.309 e. The summed E-state index contributed by atoms with van der Waals surface area (Å²) in [6.07, 6.45) is 3.08. The lowest BCUT2D eigenvalue weighted by Gasteiger charge is -2.31. The van der Waals surface area contributed by atoms with Gasteiger partial charge in [0.05, 0.1) is 5.69 Å². The average molecular weight is 351 g/mol. The predicted octanol–water partition coefficient (Wildman–Crippen LogP) is 0.117. The fraction of sp³-hybridized carbons (Fsp3) is 0.533. The first-order chi connectivity index (χ1) is 11.5. The van der Waals surface area contributed by atoms with Crippen molar-refractivity contribution in [1.29, 1.82) is 0 Å². The van der Waals surface area contributed by atoms with Crippen molar-refractivity contribution in [3.05, 3.63) is 23.2 Å². The number of aromatic nitrogens is 2. The van der Waals surface area contributed by atoms with Gasteiger partial charge in [0.2, 0.25) is 0 Å². The Bertz CT molecular complexity index is 622. The van der Waals surface area contributed by atoms with E-state index in [-0.39, 0.29) is 18.4 Å². The van der Waals surface area contributed by atoms with E-state index in [0.717, 1.165) is 24.4 Å². The van der Waals surface area contributed by atoms with E-state index in [1.807, 2.05) is 0 Å². The van der Waals surface area contributed by atoms with Crippen molar-refractivity contribution in [3.63, 3.8) is 0 Å². The molecule has 24 heavy (non-hydrogen) atoms. The molecular weight excluding hydrogens is 330 g/mol. The number of nitrogens with one attached hydrogen (secondary N) is 2. The van der Waals surface area contributed by atoms with Crippen LogP contribution in [0.3, 0.4) is 0 Å². The molecule has 1 saturated heterocycles. The normalized spacial score (nSPS) is 15.0. The summed E-state index contributed by atoms with van der Waals surface area (Å²) in [6.45, 7) is 7.19. The molecule has 1 aliphatic rings. The Labute approximate surface area is 144 Å². The SMILES string of the molecule is C=CCNC(=O)C(=O)NCC1CCN(C(=O)c2snnc2C)CC1. The molecule has 0 atom stereocenters. The number of hydrogen-bond acceptors (Lipinski definition) is 6. The third kappa shape index (κ3) is 4.60. The third-order valence-corrected chi connectivity index (χ3v) is 4.73.